The largest absolute Gasteiger partial charge is 1.00 e. The van der Waals surface area contributed by atoms with E-state index in [1.807, 2.05) is 13.8 Å². The van der Waals surface area contributed by atoms with Crippen LogP contribution >= 0.6 is 0 Å². The van der Waals surface area contributed by atoms with Gasteiger partial charge in [-0.25, -0.2) is 8.42 Å². The van der Waals surface area contributed by atoms with Crippen molar-refractivity contribution in [1.82, 2.24) is 5.32 Å². The summed E-state index contributed by atoms with van der Waals surface area (Å²) in [6.45, 7) is 4.48. The lowest BCUT2D eigenvalue weighted by Crippen LogP contribution is -3.00. The van der Waals surface area contributed by atoms with Crippen LogP contribution in [-0.4, -0.2) is 32.4 Å². The van der Waals surface area contributed by atoms with E-state index in [1.54, 1.807) is 24.3 Å². The minimum atomic E-state index is -3.26. The van der Waals surface area contributed by atoms with Gasteiger partial charge in [0.15, 0.2) is 0 Å². The maximum absolute atomic E-state index is 11.0. The summed E-state index contributed by atoms with van der Waals surface area (Å²) in [6.07, 6.45) is 0.502. The van der Waals surface area contributed by atoms with Gasteiger partial charge < -0.3 is 22.8 Å². The van der Waals surface area contributed by atoms with E-state index < -0.39 is 16.1 Å². The molecule has 110 valence electrons. The number of sulfonamides is 1. The first-order valence-corrected chi connectivity index (χ1v) is 7.66. The summed E-state index contributed by atoms with van der Waals surface area (Å²) in [4.78, 5) is 0. The average Bonchev–Trinajstić information content (AvgIpc) is 2.24. The topological polar surface area (TPSA) is 78.4 Å². The Bertz CT molecular complexity index is 480. The third-order valence-electron chi connectivity index (χ3n) is 2.32. The molecule has 19 heavy (non-hydrogen) atoms. The molecule has 0 aliphatic rings. The molecule has 1 atom stereocenters. The predicted octanol–water partition coefficient (Wildman–Crippen LogP) is -1.79. The van der Waals surface area contributed by atoms with Crippen LogP contribution in [0.3, 0.4) is 0 Å². The molecule has 0 bridgehead atoms. The lowest BCUT2D eigenvalue weighted by Gasteiger charge is -2.14. The third-order valence-corrected chi connectivity index (χ3v) is 2.92. The molecule has 0 radical (unpaired) electrons. The van der Waals surface area contributed by atoms with E-state index in [2.05, 4.69) is 10.0 Å². The normalized spacial score (nSPS) is 12.9. The molecule has 0 aliphatic heterocycles. The highest BCUT2D eigenvalue weighted by Gasteiger charge is 2.08. The molecule has 5 nitrogen and oxygen atoms in total. The summed E-state index contributed by atoms with van der Waals surface area (Å²) in [5, 5.41) is 13.0. The van der Waals surface area contributed by atoms with Gasteiger partial charge in [-0.2, -0.15) is 0 Å². The molecule has 1 unspecified atom stereocenters. The van der Waals surface area contributed by atoms with Crippen molar-refractivity contribution < 1.29 is 27.4 Å². The summed E-state index contributed by atoms with van der Waals surface area (Å²) >= 11 is 0. The number of aliphatic hydroxyl groups is 1. The fourth-order valence-electron chi connectivity index (χ4n) is 1.45. The Morgan fingerprint density at radius 1 is 1.26 bits per heavy atom. The summed E-state index contributed by atoms with van der Waals surface area (Å²) in [5.41, 5.74) is 1.24. The van der Waals surface area contributed by atoms with Crippen LogP contribution in [0.15, 0.2) is 24.3 Å². The van der Waals surface area contributed by atoms with Crippen molar-refractivity contribution in [3.8, 4) is 0 Å². The maximum atomic E-state index is 11.0. The van der Waals surface area contributed by atoms with Crippen molar-refractivity contribution in [3.05, 3.63) is 29.8 Å². The van der Waals surface area contributed by atoms with Crippen LogP contribution in [0.4, 0.5) is 5.69 Å². The van der Waals surface area contributed by atoms with Crippen LogP contribution in [0.25, 0.3) is 0 Å². The van der Waals surface area contributed by atoms with Crippen LogP contribution in [0.5, 0.6) is 0 Å². The molecular formula is C12H21ClN2O3S. The van der Waals surface area contributed by atoms with Gasteiger partial charge >= 0.3 is 1.43 Å². The summed E-state index contributed by atoms with van der Waals surface area (Å²) in [5.74, 6) is 0. The number of halogens is 1. The second-order valence-corrected chi connectivity index (χ2v) is 6.32. The first kappa shape index (κ1) is 18.2. The van der Waals surface area contributed by atoms with Gasteiger partial charge in [-0.15, -0.1) is 0 Å². The van der Waals surface area contributed by atoms with E-state index in [9.17, 15) is 13.5 Å². The number of aliphatic hydroxyl groups excluding tert-OH is 1. The Labute approximate surface area is 122 Å². The van der Waals surface area contributed by atoms with Gasteiger partial charge in [-0.1, -0.05) is 26.0 Å². The fourth-order valence-corrected chi connectivity index (χ4v) is 2.02. The van der Waals surface area contributed by atoms with E-state index in [0.29, 0.717) is 18.3 Å². The lowest BCUT2D eigenvalue weighted by molar-refractivity contribution is -0.00000801. The van der Waals surface area contributed by atoms with Crippen molar-refractivity contribution in [3.63, 3.8) is 0 Å². The molecule has 0 fully saturated rings. The number of nitrogens with one attached hydrogen (secondary N) is 2. The van der Waals surface area contributed by atoms with Gasteiger partial charge in [-0.3, -0.25) is 4.72 Å². The van der Waals surface area contributed by atoms with Crippen molar-refractivity contribution in [2.24, 2.45) is 0 Å². The van der Waals surface area contributed by atoms with Gasteiger partial charge in [-0.05, 0) is 17.7 Å². The minimum Gasteiger partial charge on any atom is -1.00 e. The minimum absolute atomic E-state index is 0. The summed E-state index contributed by atoms with van der Waals surface area (Å²) in [6, 6.07) is 7.00. The van der Waals surface area contributed by atoms with Crippen LogP contribution in [-0.2, 0) is 10.0 Å². The van der Waals surface area contributed by atoms with Crippen molar-refractivity contribution in [2.75, 3.05) is 17.5 Å². The van der Waals surface area contributed by atoms with Gasteiger partial charge in [0.2, 0.25) is 10.0 Å². The van der Waals surface area contributed by atoms with Gasteiger partial charge in [0.05, 0.1) is 12.4 Å². The second-order valence-electron chi connectivity index (χ2n) is 4.57. The molecule has 0 aromatic heterocycles. The van der Waals surface area contributed by atoms with Gasteiger partial charge in [0, 0.05) is 18.3 Å². The average molecular weight is 309 g/mol. The second kappa shape index (κ2) is 7.69. The highest BCUT2D eigenvalue weighted by molar-refractivity contribution is 7.92. The Morgan fingerprint density at radius 2 is 1.79 bits per heavy atom. The standard InChI is InChI=1S/C12H20N2O3S.ClH/c1-9(2)13-8-12(15)10-4-6-11(7-5-10)14-18(3,16)17;/h4-7,9,12-15H,8H2,1-3H3;1H. The quantitative estimate of drug-likeness (QED) is 0.580. The zero-order valence-corrected chi connectivity index (χ0v) is 12.8. The van der Waals surface area contributed by atoms with E-state index in [-0.39, 0.29) is 13.8 Å². The number of benzene rings is 1. The van der Waals surface area contributed by atoms with Crippen LogP contribution < -0.4 is 22.4 Å². The highest BCUT2D eigenvalue weighted by atomic mass is 35.5. The Morgan fingerprint density at radius 3 is 2.21 bits per heavy atom. The van der Waals surface area contributed by atoms with Crippen molar-refractivity contribution in [2.45, 2.75) is 26.0 Å². The lowest BCUT2D eigenvalue weighted by atomic mass is 10.1. The van der Waals surface area contributed by atoms with E-state index >= 15 is 0 Å². The molecular weight excluding hydrogens is 288 g/mol. The summed E-state index contributed by atoms with van der Waals surface area (Å²) in [7, 11) is -3.26. The molecule has 1 rings (SSSR count). The SMILES string of the molecule is CC(C)NCC(O)c1ccc(NS(C)(=O)=O)cc1.[Cl-].[H+]. The maximum Gasteiger partial charge on any atom is 1.00 e. The number of anilines is 1. The van der Waals surface area contributed by atoms with Crippen LogP contribution in [0.2, 0.25) is 0 Å². The Hall–Kier alpha value is -0.820. The highest BCUT2D eigenvalue weighted by Crippen LogP contribution is 2.16. The third kappa shape index (κ3) is 7.37. The first-order chi connectivity index (χ1) is 8.28. The molecule has 0 saturated carbocycles. The smallest absolute Gasteiger partial charge is 1.00 e. The molecule has 0 heterocycles. The van der Waals surface area contributed by atoms with E-state index in [0.717, 1.165) is 11.8 Å². The molecule has 1 aromatic rings. The Kier molecular flexibility index (Phi) is 7.36. The predicted molar refractivity (Wildman–Crippen MR) is 74.1 cm³/mol. The van der Waals surface area contributed by atoms with Gasteiger partial charge in [0.1, 0.15) is 0 Å². The van der Waals surface area contributed by atoms with Crippen molar-refractivity contribution in [1.29, 1.82) is 0 Å². The molecule has 0 spiro atoms. The molecule has 0 saturated heterocycles. The Balaban J connectivity index is 0. The first-order valence-electron chi connectivity index (χ1n) is 5.77. The zero-order chi connectivity index (χ0) is 13.8. The summed E-state index contributed by atoms with van der Waals surface area (Å²) < 4.78 is 24.4. The zero-order valence-electron chi connectivity index (χ0n) is 12.2. The van der Waals surface area contributed by atoms with E-state index in [4.69, 9.17) is 0 Å². The number of hydrogen-bond donors (Lipinski definition) is 3. The van der Waals surface area contributed by atoms with Crippen LogP contribution in [0, 0.1) is 0 Å². The monoisotopic (exact) mass is 308 g/mol. The molecule has 0 aliphatic carbocycles. The molecule has 1 aromatic carbocycles. The van der Waals surface area contributed by atoms with Crippen LogP contribution in [0.1, 0.15) is 26.9 Å². The molecule has 0 amide bonds. The molecule has 3 N–H and O–H groups in total. The molecule has 7 heteroatoms. The number of hydrogen-bond acceptors (Lipinski definition) is 4. The number of rotatable bonds is 6. The van der Waals surface area contributed by atoms with Gasteiger partial charge in [0.25, 0.3) is 0 Å². The van der Waals surface area contributed by atoms with Crippen molar-refractivity contribution >= 4 is 15.7 Å². The fraction of sp³-hybridized carbons (Fsp3) is 0.500. The van der Waals surface area contributed by atoms with E-state index in [1.165, 1.54) is 0 Å².